The van der Waals surface area contributed by atoms with Gasteiger partial charge in [-0.2, -0.15) is 0 Å². The standard InChI is InChI=1S/C10H9ClO3/c1-10(2)9(13)5-3-7(12)6(11)4-8(5)14-10/h3-4,12H,1-2H3. The molecule has 4 heteroatoms. The molecule has 74 valence electrons. The van der Waals surface area contributed by atoms with Gasteiger partial charge in [-0.25, -0.2) is 0 Å². The number of rotatable bonds is 0. The Balaban J connectivity index is 2.61. The lowest BCUT2D eigenvalue weighted by Gasteiger charge is -2.14. The monoisotopic (exact) mass is 212 g/mol. The molecule has 3 nitrogen and oxygen atoms in total. The Morgan fingerprint density at radius 1 is 1.43 bits per heavy atom. The molecule has 0 bridgehead atoms. The van der Waals surface area contributed by atoms with E-state index in [-0.39, 0.29) is 16.6 Å². The van der Waals surface area contributed by atoms with Gasteiger partial charge in [0.15, 0.2) is 5.60 Å². The third-order valence-electron chi connectivity index (χ3n) is 2.21. The molecule has 0 atom stereocenters. The summed E-state index contributed by atoms with van der Waals surface area (Å²) in [5, 5.41) is 9.52. The number of fused-ring (bicyclic) bond motifs is 1. The summed E-state index contributed by atoms with van der Waals surface area (Å²) in [4.78, 5) is 11.7. The summed E-state index contributed by atoms with van der Waals surface area (Å²) in [6, 6.07) is 2.80. The summed E-state index contributed by atoms with van der Waals surface area (Å²) in [6.07, 6.45) is 0. The van der Waals surface area contributed by atoms with Gasteiger partial charge in [0.05, 0.1) is 10.6 Å². The molecule has 1 aliphatic rings. The summed E-state index contributed by atoms with van der Waals surface area (Å²) in [7, 11) is 0. The minimum atomic E-state index is -0.862. The first kappa shape index (κ1) is 9.34. The summed E-state index contributed by atoms with van der Waals surface area (Å²) in [6.45, 7) is 3.36. The van der Waals surface area contributed by atoms with Gasteiger partial charge >= 0.3 is 0 Å². The Kier molecular flexibility index (Phi) is 1.76. The zero-order chi connectivity index (χ0) is 10.5. The predicted molar refractivity (Wildman–Crippen MR) is 52.2 cm³/mol. The first-order valence-corrected chi connectivity index (χ1v) is 4.56. The van der Waals surface area contributed by atoms with Crippen LogP contribution < -0.4 is 4.74 Å². The molecule has 0 fully saturated rings. The molecule has 1 aliphatic heterocycles. The number of Topliss-reactive ketones (excluding diaryl/α,β-unsaturated/α-hetero) is 1. The second kappa shape index (κ2) is 2.64. The largest absolute Gasteiger partial charge is 0.506 e. The predicted octanol–water partition coefficient (Wildman–Crippen LogP) is 2.40. The molecule has 0 aromatic heterocycles. The van der Waals surface area contributed by atoms with Gasteiger partial charge in [-0.05, 0) is 19.9 Å². The van der Waals surface area contributed by atoms with E-state index in [2.05, 4.69) is 0 Å². The van der Waals surface area contributed by atoms with E-state index < -0.39 is 5.60 Å². The van der Waals surface area contributed by atoms with Gasteiger partial charge in [0.2, 0.25) is 5.78 Å². The van der Waals surface area contributed by atoms with Crippen molar-refractivity contribution in [1.82, 2.24) is 0 Å². The van der Waals surface area contributed by atoms with Gasteiger partial charge in [-0.1, -0.05) is 11.6 Å². The molecule has 0 aliphatic carbocycles. The first-order valence-electron chi connectivity index (χ1n) is 4.18. The van der Waals surface area contributed by atoms with Gasteiger partial charge < -0.3 is 9.84 Å². The van der Waals surface area contributed by atoms with Crippen LogP contribution in [0.1, 0.15) is 24.2 Å². The van der Waals surface area contributed by atoms with Crippen LogP contribution in [0.4, 0.5) is 0 Å². The van der Waals surface area contributed by atoms with Crippen LogP contribution in [0.2, 0.25) is 5.02 Å². The number of aromatic hydroxyl groups is 1. The third-order valence-corrected chi connectivity index (χ3v) is 2.51. The highest BCUT2D eigenvalue weighted by Gasteiger charge is 2.40. The Bertz CT molecular complexity index is 424. The van der Waals surface area contributed by atoms with Crippen molar-refractivity contribution in [1.29, 1.82) is 0 Å². The Morgan fingerprint density at radius 3 is 2.71 bits per heavy atom. The van der Waals surface area contributed by atoms with E-state index in [1.54, 1.807) is 13.8 Å². The number of ether oxygens (including phenoxy) is 1. The van der Waals surface area contributed by atoms with Crippen LogP contribution in [0.5, 0.6) is 11.5 Å². The quantitative estimate of drug-likeness (QED) is 0.718. The number of ketones is 1. The van der Waals surface area contributed by atoms with Crippen molar-refractivity contribution in [2.75, 3.05) is 0 Å². The smallest absolute Gasteiger partial charge is 0.209 e. The summed E-state index contributed by atoms with van der Waals surface area (Å²) in [5.41, 5.74) is -0.476. The van der Waals surface area contributed by atoms with Crippen LogP contribution in [0.15, 0.2) is 12.1 Å². The highest BCUT2D eigenvalue weighted by molar-refractivity contribution is 6.32. The van der Waals surface area contributed by atoms with Gasteiger partial charge in [0.1, 0.15) is 11.5 Å². The molecule has 1 aromatic carbocycles. The zero-order valence-corrected chi connectivity index (χ0v) is 8.55. The van der Waals surface area contributed by atoms with Crippen LogP contribution in [-0.4, -0.2) is 16.5 Å². The van der Waals surface area contributed by atoms with E-state index in [1.165, 1.54) is 12.1 Å². The Labute approximate surface area is 86.3 Å². The maximum Gasteiger partial charge on any atom is 0.209 e. The minimum absolute atomic E-state index is 0.0972. The maximum atomic E-state index is 11.7. The average Bonchev–Trinajstić information content (AvgIpc) is 2.28. The summed E-state index contributed by atoms with van der Waals surface area (Å²) >= 11 is 5.69. The number of carbonyl (C=O) groups is 1. The van der Waals surface area contributed by atoms with Crippen LogP contribution >= 0.6 is 11.6 Å². The molecular formula is C10H9ClO3. The van der Waals surface area contributed by atoms with E-state index in [4.69, 9.17) is 16.3 Å². The van der Waals surface area contributed by atoms with Gasteiger partial charge in [-0.3, -0.25) is 4.79 Å². The van der Waals surface area contributed by atoms with Crippen molar-refractivity contribution in [3.05, 3.63) is 22.7 Å². The number of phenols is 1. The fraction of sp³-hybridized carbons (Fsp3) is 0.300. The Morgan fingerprint density at radius 2 is 2.07 bits per heavy atom. The van der Waals surface area contributed by atoms with E-state index in [0.717, 1.165) is 0 Å². The number of carbonyl (C=O) groups excluding carboxylic acids is 1. The molecule has 0 saturated carbocycles. The van der Waals surface area contributed by atoms with Crippen LogP contribution in [-0.2, 0) is 0 Å². The number of hydrogen-bond acceptors (Lipinski definition) is 3. The third kappa shape index (κ3) is 1.16. The van der Waals surface area contributed by atoms with Crippen molar-refractivity contribution in [3.8, 4) is 11.5 Å². The maximum absolute atomic E-state index is 11.7. The van der Waals surface area contributed by atoms with E-state index in [1.807, 2.05) is 0 Å². The fourth-order valence-corrected chi connectivity index (χ4v) is 1.60. The summed E-state index contributed by atoms with van der Waals surface area (Å²) in [5.74, 6) is 0.197. The molecule has 0 unspecified atom stereocenters. The first-order chi connectivity index (χ1) is 6.42. The molecule has 0 radical (unpaired) electrons. The second-order valence-electron chi connectivity index (χ2n) is 3.74. The number of benzene rings is 1. The molecule has 0 amide bonds. The highest BCUT2D eigenvalue weighted by Crippen LogP contribution is 2.40. The lowest BCUT2D eigenvalue weighted by Crippen LogP contribution is -2.31. The van der Waals surface area contributed by atoms with Crippen molar-refractivity contribution in [2.45, 2.75) is 19.4 Å². The lowest BCUT2D eigenvalue weighted by atomic mass is 10.00. The van der Waals surface area contributed by atoms with Crippen LogP contribution in [0.25, 0.3) is 0 Å². The molecule has 1 heterocycles. The van der Waals surface area contributed by atoms with Gasteiger partial charge in [-0.15, -0.1) is 0 Å². The van der Waals surface area contributed by atoms with Gasteiger partial charge in [0.25, 0.3) is 0 Å². The Hall–Kier alpha value is -1.22. The van der Waals surface area contributed by atoms with E-state index in [9.17, 15) is 9.90 Å². The zero-order valence-electron chi connectivity index (χ0n) is 7.80. The van der Waals surface area contributed by atoms with Crippen molar-refractivity contribution in [2.24, 2.45) is 0 Å². The average molecular weight is 213 g/mol. The number of phenolic OH excluding ortho intramolecular Hbond substituents is 1. The molecule has 0 saturated heterocycles. The van der Waals surface area contributed by atoms with Gasteiger partial charge in [0, 0.05) is 6.07 Å². The molecular weight excluding hydrogens is 204 g/mol. The van der Waals surface area contributed by atoms with E-state index in [0.29, 0.717) is 11.3 Å². The molecule has 1 N–H and O–H groups in total. The molecule has 2 rings (SSSR count). The lowest BCUT2D eigenvalue weighted by molar-refractivity contribution is 0.0684. The van der Waals surface area contributed by atoms with Crippen molar-refractivity contribution < 1.29 is 14.6 Å². The number of hydrogen-bond donors (Lipinski definition) is 1. The minimum Gasteiger partial charge on any atom is -0.506 e. The normalized spacial score (nSPS) is 17.8. The number of halogens is 1. The van der Waals surface area contributed by atoms with Crippen molar-refractivity contribution >= 4 is 17.4 Å². The molecule has 14 heavy (non-hydrogen) atoms. The second-order valence-corrected chi connectivity index (χ2v) is 4.15. The topological polar surface area (TPSA) is 46.5 Å². The summed E-state index contributed by atoms with van der Waals surface area (Å²) < 4.78 is 5.40. The molecule has 0 spiro atoms. The highest BCUT2D eigenvalue weighted by atomic mass is 35.5. The van der Waals surface area contributed by atoms with Crippen molar-refractivity contribution in [3.63, 3.8) is 0 Å². The van der Waals surface area contributed by atoms with Crippen LogP contribution in [0.3, 0.4) is 0 Å². The van der Waals surface area contributed by atoms with Crippen LogP contribution in [0, 0.1) is 0 Å². The fourth-order valence-electron chi connectivity index (χ4n) is 1.45. The van der Waals surface area contributed by atoms with E-state index >= 15 is 0 Å². The SMILES string of the molecule is CC1(C)Oc2cc(Cl)c(O)cc2C1=O. The molecule has 1 aromatic rings.